The minimum Gasteiger partial charge on any atom is -0.198 e. The van der Waals surface area contributed by atoms with Crippen molar-refractivity contribution in [3.05, 3.63) is 179 Å². The van der Waals surface area contributed by atoms with Crippen LogP contribution >= 0.6 is 0 Å². The molecule has 1 unspecified atom stereocenters. The van der Waals surface area contributed by atoms with Crippen LogP contribution in [0.1, 0.15) is 39.7 Å². The van der Waals surface area contributed by atoms with Gasteiger partial charge in [-0.05, 0) is 27.8 Å². The van der Waals surface area contributed by atoms with Gasteiger partial charge in [-0.15, -0.1) is 0 Å². The van der Waals surface area contributed by atoms with Gasteiger partial charge in [0.05, 0.1) is 17.4 Å². The van der Waals surface area contributed by atoms with Gasteiger partial charge in [-0.3, -0.25) is 0 Å². The molecular formula is C34H27N. The molecule has 0 bridgehead atoms. The molecule has 1 nitrogen and oxygen atoms in total. The van der Waals surface area contributed by atoms with Crippen molar-refractivity contribution in [1.82, 2.24) is 0 Å². The number of hydrogen-bond acceptors (Lipinski definition) is 1. The maximum Gasteiger partial charge on any atom is 0.0859 e. The molecule has 0 aromatic heterocycles. The molecule has 5 aromatic rings. The van der Waals surface area contributed by atoms with Gasteiger partial charge in [0.15, 0.2) is 0 Å². The second kappa shape index (κ2) is 10.2. The van der Waals surface area contributed by atoms with Gasteiger partial charge in [-0.25, -0.2) is 0 Å². The summed E-state index contributed by atoms with van der Waals surface area (Å²) in [6, 6.07) is 55.4. The van der Waals surface area contributed by atoms with Crippen molar-refractivity contribution in [2.24, 2.45) is 0 Å². The number of rotatable bonds is 7. The zero-order valence-corrected chi connectivity index (χ0v) is 19.5. The van der Waals surface area contributed by atoms with E-state index in [1.807, 2.05) is 30.3 Å². The Morgan fingerprint density at radius 2 is 0.743 bits per heavy atom. The van der Waals surface area contributed by atoms with E-state index >= 15 is 0 Å². The first kappa shape index (κ1) is 22.4. The summed E-state index contributed by atoms with van der Waals surface area (Å²) in [6.45, 7) is 0. The molecule has 0 saturated carbocycles. The maximum absolute atomic E-state index is 10.9. The fraction of sp³-hybridized carbons (Fsp3) is 0.0882. The third-order valence-corrected chi connectivity index (χ3v) is 6.94. The third kappa shape index (κ3) is 4.16. The minimum absolute atomic E-state index is 0.0976. The van der Waals surface area contributed by atoms with Gasteiger partial charge in [0, 0.05) is 5.92 Å². The quantitative estimate of drug-likeness (QED) is 0.246. The third-order valence-electron chi connectivity index (χ3n) is 6.94. The number of benzene rings is 5. The van der Waals surface area contributed by atoms with E-state index in [0.29, 0.717) is 0 Å². The molecule has 35 heavy (non-hydrogen) atoms. The summed E-state index contributed by atoms with van der Waals surface area (Å²) in [7, 11) is 0. The smallest absolute Gasteiger partial charge is 0.0859 e. The summed E-state index contributed by atoms with van der Waals surface area (Å²) >= 11 is 0. The lowest BCUT2D eigenvalue weighted by molar-refractivity contribution is 0.414. The van der Waals surface area contributed by atoms with Crippen LogP contribution in [0.2, 0.25) is 0 Å². The van der Waals surface area contributed by atoms with Crippen LogP contribution in [0, 0.1) is 11.3 Å². The molecule has 0 spiro atoms. The van der Waals surface area contributed by atoms with Gasteiger partial charge in [-0.1, -0.05) is 152 Å². The Balaban J connectivity index is 1.95. The van der Waals surface area contributed by atoms with E-state index in [-0.39, 0.29) is 5.92 Å². The second-order valence-corrected chi connectivity index (χ2v) is 8.83. The predicted octanol–water partition coefficient (Wildman–Crippen LogP) is 8.11. The molecule has 5 rings (SSSR count). The molecule has 1 atom stereocenters. The Kier molecular flexibility index (Phi) is 6.55. The molecule has 0 radical (unpaired) electrons. The van der Waals surface area contributed by atoms with E-state index in [9.17, 15) is 5.26 Å². The summed E-state index contributed by atoms with van der Waals surface area (Å²) in [4.78, 5) is 0. The number of hydrogen-bond donors (Lipinski definition) is 0. The summed E-state index contributed by atoms with van der Waals surface area (Å²) < 4.78 is 0. The van der Waals surface area contributed by atoms with Gasteiger partial charge in [-0.2, -0.15) is 5.26 Å². The first-order valence-corrected chi connectivity index (χ1v) is 12.0. The van der Waals surface area contributed by atoms with E-state index in [1.165, 1.54) is 11.1 Å². The van der Waals surface area contributed by atoms with Crippen LogP contribution in [0.15, 0.2) is 152 Å². The average Bonchev–Trinajstić information content (AvgIpc) is 2.95. The van der Waals surface area contributed by atoms with Crippen molar-refractivity contribution in [3.8, 4) is 6.07 Å². The van der Waals surface area contributed by atoms with E-state index < -0.39 is 11.3 Å². The van der Waals surface area contributed by atoms with E-state index in [4.69, 9.17) is 0 Å². The van der Waals surface area contributed by atoms with Crippen LogP contribution in [0.5, 0.6) is 0 Å². The van der Waals surface area contributed by atoms with Gasteiger partial charge >= 0.3 is 0 Å². The van der Waals surface area contributed by atoms with Gasteiger partial charge in [0.2, 0.25) is 0 Å². The van der Waals surface area contributed by atoms with Crippen molar-refractivity contribution < 1.29 is 0 Å². The molecule has 168 valence electrons. The Hall–Kier alpha value is -4.41. The van der Waals surface area contributed by atoms with Crippen LogP contribution in [-0.2, 0) is 5.41 Å². The standard InChI is InChI=1S/C34H27N/c35-26-32(27-16-6-1-7-17-27)34(30-22-12-4-13-23-30,31-24-14-5-15-25-31)33(28-18-8-2-9-19-28)29-20-10-3-11-21-29/h1-25,32-33H. The second-order valence-electron chi connectivity index (χ2n) is 8.83. The van der Waals surface area contributed by atoms with E-state index in [1.54, 1.807) is 0 Å². The molecule has 0 aliphatic rings. The highest BCUT2D eigenvalue weighted by molar-refractivity contribution is 5.55. The lowest BCUT2D eigenvalue weighted by Gasteiger charge is -2.46. The monoisotopic (exact) mass is 449 g/mol. The van der Waals surface area contributed by atoms with Crippen molar-refractivity contribution in [2.45, 2.75) is 17.3 Å². The summed E-state index contributed by atoms with van der Waals surface area (Å²) in [5.74, 6) is -0.529. The SMILES string of the molecule is N#CC(c1ccccc1)C(c1ccccc1)(c1ccccc1)C(c1ccccc1)c1ccccc1. The van der Waals surface area contributed by atoms with E-state index in [0.717, 1.165) is 16.7 Å². The lowest BCUT2D eigenvalue weighted by atomic mass is 9.54. The Labute approximate surface area is 208 Å². The van der Waals surface area contributed by atoms with Crippen molar-refractivity contribution >= 4 is 0 Å². The largest absolute Gasteiger partial charge is 0.198 e. The summed E-state index contributed by atoms with van der Waals surface area (Å²) in [5, 5.41) is 10.9. The molecule has 0 N–H and O–H groups in total. The number of nitrogens with zero attached hydrogens (tertiary/aromatic N) is 1. The normalized spacial score (nSPS) is 12.1. The molecular weight excluding hydrogens is 422 g/mol. The highest BCUT2D eigenvalue weighted by Crippen LogP contribution is 2.55. The van der Waals surface area contributed by atoms with Crippen molar-refractivity contribution in [1.29, 1.82) is 5.26 Å². The highest BCUT2D eigenvalue weighted by atomic mass is 14.5. The van der Waals surface area contributed by atoms with Crippen molar-refractivity contribution in [2.75, 3.05) is 0 Å². The number of nitriles is 1. The molecule has 0 aliphatic heterocycles. The lowest BCUT2D eigenvalue weighted by Crippen LogP contribution is -2.41. The van der Waals surface area contributed by atoms with Crippen LogP contribution < -0.4 is 0 Å². The summed E-state index contributed by atoms with van der Waals surface area (Å²) in [5.41, 5.74) is 4.95. The van der Waals surface area contributed by atoms with Crippen LogP contribution in [0.4, 0.5) is 0 Å². The van der Waals surface area contributed by atoms with Crippen molar-refractivity contribution in [3.63, 3.8) is 0 Å². The zero-order chi connectivity index (χ0) is 23.9. The zero-order valence-electron chi connectivity index (χ0n) is 19.5. The molecule has 1 heteroatoms. The molecule has 5 aromatic carbocycles. The molecule has 0 heterocycles. The fourth-order valence-electron chi connectivity index (χ4n) is 5.52. The van der Waals surface area contributed by atoms with Crippen LogP contribution in [-0.4, -0.2) is 0 Å². The van der Waals surface area contributed by atoms with E-state index in [2.05, 4.69) is 127 Å². The molecule has 0 aliphatic carbocycles. The predicted molar refractivity (Wildman–Crippen MR) is 143 cm³/mol. The Morgan fingerprint density at radius 1 is 0.429 bits per heavy atom. The Morgan fingerprint density at radius 3 is 1.09 bits per heavy atom. The summed E-state index contributed by atoms with van der Waals surface area (Å²) in [6.07, 6.45) is 0. The first-order chi connectivity index (χ1) is 17.4. The van der Waals surface area contributed by atoms with Gasteiger partial charge in [0.25, 0.3) is 0 Å². The molecule has 0 amide bonds. The van der Waals surface area contributed by atoms with Gasteiger partial charge in [0.1, 0.15) is 0 Å². The van der Waals surface area contributed by atoms with Crippen LogP contribution in [0.25, 0.3) is 0 Å². The topological polar surface area (TPSA) is 23.8 Å². The molecule has 0 fully saturated rings. The van der Waals surface area contributed by atoms with Crippen LogP contribution in [0.3, 0.4) is 0 Å². The van der Waals surface area contributed by atoms with Gasteiger partial charge < -0.3 is 0 Å². The first-order valence-electron chi connectivity index (χ1n) is 12.0. The average molecular weight is 450 g/mol. The maximum atomic E-state index is 10.9. The molecule has 0 saturated heterocycles. The fourth-order valence-corrected chi connectivity index (χ4v) is 5.52. The Bertz CT molecular complexity index is 1290. The minimum atomic E-state index is -0.679. The highest BCUT2D eigenvalue weighted by Gasteiger charge is 2.50.